The monoisotopic (exact) mass is 221 g/mol. The first kappa shape index (κ1) is 11.4. The van der Waals surface area contributed by atoms with E-state index in [0.29, 0.717) is 12.5 Å². The summed E-state index contributed by atoms with van der Waals surface area (Å²) in [5.41, 5.74) is 1.10. The van der Waals surface area contributed by atoms with Gasteiger partial charge in [0.15, 0.2) is 0 Å². The molecule has 1 fully saturated rings. The highest BCUT2D eigenvalue weighted by Crippen LogP contribution is 2.17. The molecule has 0 spiro atoms. The van der Waals surface area contributed by atoms with Gasteiger partial charge in [-0.3, -0.25) is 4.98 Å². The van der Waals surface area contributed by atoms with Gasteiger partial charge in [-0.25, -0.2) is 0 Å². The summed E-state index contributed by atoms with van der Waals surface area (Å²) in [6.45, 7) is 5.78. The summed E-state index contributed by atoms with van der Waals surface area (Å²) in [7, 11) is 0. The Morgan fingerprint density at radius 1 is 1.50 bits per heavy atom. The molecule has 16 heavy (non-hydrogen) atoms. The fourth-order valence-corrected chi connectivity index (χ4v) is 1.78. The van der Waals surface area contributed by atoms with Gasteiger partial charge in [0.2, 0.25) is 0 Å². The maximum absolute atomic E-state index is 5.64. The molecule has 0 radical (unpaired) electrons. The van der Waals surface area contributed by atoms with Crippen molar-refractivity contribution in [3.63, 3.8) is 0 Å². The van der Waals surface area contributed by atoms with E-state index in [1.807, 2.05) is 12.1 Å². The zero-order valence-corrected chi connectivity index (χ0v) is 9.98. The van der Waals surface area contributed by atoms with Gasteiger partial charge < -0.3 is 9.47 Å². The van der Waals surface area contributed by atoms with Crippen LogP contribution in [0.5, 0.6) is 5.75 Å². The van der Waals surface area contributed by atoms with Gasteiger partial charge in [-0.05, 0) is 30.9 Å². The largest absolute Gasteiger partial charge is 0.489 e. The van der Waals surface area contributed by atoms with Crippen LogP contribution in [0.15, 0.2) is 18.3 Å². The van der Waals surface area contributed by atoms with Gasteiger partial charge in [0.05, 0.1) is 12.3 Å². The molecule has 1 aromatic rings. The minimum absolute atomic E-state index is 0.268. The van der Waals surface area contributed by atoms with Gasteiger partial charge >= 0.3 is 0 Å². The van der Waals surface area contributed by atoms with Gasteiger partial charge in [-0.2, -0.15) is 0 Å². The number of hydrogen-bond donors (Lipinski definition) is 0. The Hall–Kier alpha value is -1.09. The number of ether oxygens (including phenoxy) is 2. The minimum Gasteiger partial charge on any atom is -0.489 e. The van der Waals surface area contributed by atoms with Crippen molar-refractivity contribution < 1.29 is 9.47 Å². The van der Waals surface area contributed by atoms with Crippen molar-refractivity contribution in [3.05, 3.63) is 24.0 Å². The third-order valence-corrected chi connectivity index (χ3v) is 2.81. The fourth-order valence-electron chi connectivity index (χ4n) is 1.78. The molecular weight excluding hydrogens is 202 g/mol. The van der Waals surface area contributed by atoms with Gasteiger partial charge in [0.1, 0.15) is 12.4 Å². The molecule has 0 saturated carbocycles. The van der Waals surface area contributed by atoms with Crippen LogP contribution in [0.1, 0.15) is 38.3 Å². The third-order valence-electron chi connectivity index (χ3n) is 2.81. The first-order chi connectivity index (χ1) is 7.75. The molecule has 0 bridgehead atoms. The maximum atomic E-state index is 5.64. The second-order valence-electron chi connectivity index (χ2n) is 4.52. The van der Waals surface area contributed by atoms with Crippen molar-refractivity contribution in [2.75, 3.05) is 13.2 Å². The van der Waals surface area contributed by atoms with Crippen LogP contribution in [-0.2, 0) is 4.74 Å². The number of hydrogen-bond acceptors (Lipinski definition) is 3. The molecule has 2 rings (SSSR count). The fraction of sp³-hybridized carbons (Fsp3) is 0.615. The Kier molecular flexibility index (Phi) is 3.78. The molecule has 3 nitrogen and oxygen atoms in total. The van der Waals surface area contributed by atoms with E-state index >= 15 is 0 Å². The molecule has 1 unspecified atom stereocenters. The van der Waals surface area contributed by atoms with Crippen molar-refractivity contribution in [3.8, 4) is 5.75 Å². The molecule has 2 heterocycles. The van der Waals surface area contributed by atoms with Crippen LogP contribution >= 0.6 is 0 Å². The highest BCUT2D eigenvalue weighted by atomic mass is 16.5. The van der Waals surface area contributed by atoms with Crippen LogP contribution in [-0.4, -0.2) is 24.3 Å². The maximum Gasteiger partial charge on any atom is 0.137 e. The Labute approximate surface area is 96.8 Å². The Morgan fingerprint density at radius 2 is 2.38 bits per heavy atom. The molecule has 3 heteroatoms. The molecule has 0 amide bonds. The lowest BCUT2D eigenvalue weighted by Crippen LogP contribution is -2.16. The normalized spacial score (nSPS) is 20.3. The summed E-state index contributed by atoms with van der Waals surface area (Å²) >= 11 is 0. The first-order valence-electron chi connectivity index (χ1n) is 5.96. The number of pyridine rings is 1. The number of nitrogens with zero attached hydrogens (tertiary/aromatic N) is 1. The van der Waals surface area contributed by atoms with Gasteiger partial charge in [0, 0.05) is 12.3 Å². The average Bonchev–Trinajstić information content (AvgIpc) is 2.80. The third kappa shape index (κ3) is 2.95. The SMILES string of the molecule is CC(C)c1ccc(OCC2CCCO2)cn1. The van der Waals surface area contributed by atoms with Crippen LogP contribution in [0.4, 0.5) is 0 Å². The lowest BCUT2D eigenvalue weighted by atomic mass is 10.1. The van der Waals surface area contributed by atoms with Crippen LogP contribution in [0.3, 0.4) is 0 Å². The van der Waals surface area contributed by atoms with E-state index < -0.39 is 0 Å². The van der Waals surface area contributed by atoms with E-state index in [9.17, 15) is 0 Å². The van der Waals surface area contributed by atoms with Crippen molar-refractivity contribution in [1.82, 2.24) is 4.98 Å². The Morgan fingerprint density at radius 3 is 2.94 bits per heavy atom. The molecule has 1 aliphatic rings. The number of aromatic nitrogens is 1. The second kappa shape index (κ2) is 5.30. The Balaban J connectivity index is 1.84. The van der Waals surface area contributed by atoms with Gasteiger partial charge in [-0.1, -0.05) is 13.8 Å². The standard InChI is InChI=1S/C13H19NO2/c1-10(2)13-6-5-11(8-14-13)16-9-12-4-3-7-15-12/h5-6,8,10,12H,3-4,7,9H2,1-2H3. The van der Waals surface area contributed by atoms with E-state index in [4.69, 9.17) is 9.47 Å². The molecule has 88 valence electrons. The van der Waals surface area contributed by atoms with Gasteiger partial charge in [0.25, 0.3) is 0 Å². The molecule has 0 aromatic carbocycles. The smallest absolute Gasteiger partial charge is 0.137 e. The van der Waals surface area contributed by atoms with Crippen LogP contribution in [0.2, 0.25) is 0 Å². The quantitative estimate of drug-likeness (QED) is 0.783. The summed E-state index contributed by atoms with van der Waals surface area (Å²) in [6, 6.07) is 4.01. The first-order valence-corrected chi connectivity index (χ1v) is 5.96. The molecular formula is C13H19NO2. The number of rotatable bonds is 4. The predicted octanol–water partition coefficient (Wildman–Crippen LogP) is 2.76. The molecule has 1 saturated heterocycles. The predicted molar refractivity (Wildman–Crippen MR) is 62.8 cm³/mol. The Bertz CT molecular complexity index is 315. The summed E-state index contributed by atoms with van der Waals surface area (Å²) in [5, 5.41) is 0. The summed E-state index contributed by atoms with van der Waals surface area (Å²) in [5.74, 6) is 1.30. The lowest BCUT2D eigenvalue weighted by Gasteiger charge is -2.11. The molecule has 0 aliphatic carbocycles. The van der Waals surface area contributed by atoms with E-state index in [1.165, 1.54) is 0 Å². The molecule has 1 aromatic heterocycles. The van der Waals surface area contributed by atoms with E-state index in [1.54, 1.807) is 6.20 Å². The zero-order chi connectivity index (χ0) is 11.4. The van der Waals surface area contributed by atoms with Crippen molar-refractivity contribution >= 4 is 0 Å². The van der Waals surface area contributed by atoms with Gasteiger partial charge in [-0.15, -0.1) is 0 Å². The average molecular weight is 221 g/mol. The minimum atomic E-state index is 0.268. The van der Waals surface area contributed by atoms with Crippen molar-refractivity contribution in [1.29, 1.82) is 0 Å². The lowest BCUT2D eigenvalue weighted by molar-refractivity contribution is 0.0678. The summed E-state index contributed by atoms with van der Waals surface area (Å²) in [4.78, 5) is 4.36. The van der Waals surface area contributed by atoms with Crippen molar-refractivity contribution in [2.24, 2.45) is 0 Å². The molecule has 1 atom stereocenters. The topological polar surface area (TPSA) is 31.4 Å². The van der Waals surface area contributed by atoms with Crippen LogP contribution < -0.4 is 4.74 Å². The summed E-state index contributed by atoms with van der Waals surface area (Å²) < 4.78 is 11.1. The molecule has 1 aliphatic heterocycles. The van der Waals surface area contributed by atoms with E-state index in [0.717, 1.165) is 30.9 Å². The van der Waals surface area contributed by atoms with E-state index in [2.05, 4.69) is 18.8 Å². The highest BCUT2D eigenvalue weighted by Gasteiger charge is 2.15. The summed E-state index contributed by atoms with van der Waals surface area (Å²) in [6.07, 6.45) is 4.32. The molecule has 0 N–H and O–H groups in total. The van der Waals surface area contributed by atoms with E-state index in [-0.39, 0.29) is 6.10 Å². The highest BCUT2D eigenvalue weighted by molar-refractivity contribution is 5.21. The zero-order valence-electron chi connectivity index (χ0n) is 9.98. The van der Waals surface area contributed by atoms with Crippen molar-refractivity contribution in [2.45, 2.75) is 38.7 Å². The van der Waals surface area contributed by atoms with Crippen LogP contribution in [0.25, 0.3) is 0 Å². The van der Waals surface area contributed by atoms with Crippen LogP contribution in [0, 0.1) is 0 Å². The second-order valence-corrected chi connectivity index (χ2v) is 4.52.